The summed E-state index contributed by atoms with van der Waals surface area (Å²) in [5.74, 6) is 0.0757. The number of ether oxygens (including phenoxy) is 5. The molecule has 0 aliphatic carbocycles. The maximum atomic E-state index is 14.6. The molecule has 15 heteroatoms. The number of phenols is 1. The number of fused-ring (bicyclic) bond motifs is 2. The van der Waals surface area contributed by atoms with Gasteiger partial charge in [-0.25, -0.2) is 8.78 Å². The second-order valence-electron chi connectivity index (χ2n) is 14.9. The minimum Gasteiger partial charge on any atom is -0.508 e. The Morgan fingerprint density at radius 2 is 0.940 bits per heavy atom. The first-order chi connectivity index (χ1) is 32.4. The Kier molecular flexibility index (Phi) is 17.1. The van der Waals surface area contributed by atoms with E-state index in [0.29, 0.717) is 64.0 Å². The molecule has 8 rings (SSSR count). The highest BCUT2D eigenvalue weighted by molar-refractivity contribution is 9.09. The van der Waals surface area contributed by atoms with Crippen LogP contribution in [0.5, 0.6) is 46.0 Å². The second-order valence-corrected chi connectivity index (χ2v) is 15.7. The van der Waals surface area contributed by atoms with E-state index < -0.39 is 11.6 Å². The summed E-state index contributed by atoms with van der Waals surface area (Å²) in [5, 5.41) is 9.94. The number of methoxy groups -OCH3 is 2. The first-order valence-electron chi connectivity index (χ1n) is 21.5. The number of rotatable bonds is 16. The van der Waals surface area contributed by atoms with E-state index in [1.54, 1.807) is 66.7 Å². The number of carbonyl (C=O) groups is 4. The Morgan fingerprint density at radius 1 is 0.522 bits per heavy atom. The van der Waals surface area contributed by atoms with Gasteiger partial charge in [0.25, 0.3) is 23.6 Å². The zero-order chi connectivity index (χ0) is 48.0. The maximum absolute atomic E-state index is 14.6. The van der Waals surface area contributed by atoms with E-state index in [-0.39, 0.29) is 54.0 Å². The van der Waals surface area contributed by atoms with Gasteiger partial charge in [-0.1, -0.05) is 66.2 Å². The summed E-state index contributed by atoms with van der Waals surface area (Å²) in [7, 11) is 3.08. The van der Waals surface area contributed by atoms with Gasteiger partial charge in [-0.2, -0.15) is 0 Å². The number of benzene rings is 6. The molecule has 0 spiro atoms. The molecule has 0 fully saturated rings. The van der Waals surface area contributed by atoms with Crippen LogP contribution in [0.3, 0.4) is 0 Å². The predicted octanol–water partition coefficient (Wildman–Crippen LogP) is 11.2. The van der Waals surface area contributed by atoms with Crippen molar-refractivity contribution in [1.82, 2.24) is 9.80 Å². The molecule has 2 heterocycles. The minimum absolute atomic E-state index is 0.0420. The summed E-state index contributed by atoms with van der Waals surface area (Å²) in [6.07, 6.45) is 2.94. The number of imide groups is 2. The molecule has 12 nitrogen and oxygen atoms in total. The highest BCUT2D eigenvalue weighted by Gasteiger charge is 2.35. The van der Waals surface area contributed by atoms with Crippen LogP contribution in [0.4, 0.5) is 8.78 Å². The van der Waals surface area contributed by atoms with Gasteiger partial charge in [-0.3, -0.25) is 29.0 Å². The zero-order valence-corrected chi connectivity index (χ0v) is 38.9. The van der Waals surface area contributed by atoms with E-state index in [4.69, 9.17) is 28.8 Å². The lowest BCUT2D eigenvalue weighted by Gasteiger charge is -2.15. The lowest BCUT2D eigenvalue weighted by atomic mass is 10.1. The normalized spacial score (nSPS) is 12.4. The van der Waals surface area contributed by atoms with Crippen LogP contribution in [-0.4, -0.2) is 77.8 Å². The van der Waals surface area contributed by atoms with E-state index in [1.165, 1.54) is 48.3 Å². The predicted molar refractivity (Wildman–Crippen MR) is 251 cm³/mol. The fourth-order valence-electron chi connectivity index (χ4n) is 7.01. The Labute approximate surface area is 395 Å². The Bertz CT molecular complexity index is 2680. The number of aromatic hydroxyl groups is 1. The summed E-state index contributed by atoms with van der Waals surface area (Å²) < 4.78 is 55.5. The van der Waals surface area contributed by atoms with Crippen LogP contribution >= 0.6 is 15.9 Å². The number of aryl methyl sites for hydroxylation is 2. The number of carbonyl (C=O) groups excluding carboxylic acids is 4. The van der Waals surface area contributed by atoms with Crippen molar-refractivity contribution in [3.8, 4) is 46.0 Å². The first kappa shape index (κ1) is 49.2. The topological polar surface area (TPSA) is 141 Å². The molecule has 2 aliphatic heterocycles. The summed E-state index contributed by atoms with van der Waals surface area (Å²) in [4.78, 5) is 50.9. The van der Waals surface area contributed by atoms with Crippen molar-refractivity contribution in [2.45, 2.75) is 39.5 Å². The van der Waals surface area contributed by atoms with Gasteiger partial charge in [-0.05, 0) is 110 Å². The molecule has 0 saturated heterocycles. The Morgan fingerprint density at radius 3 is 1.34 bits per heavy atom. The molecule has 0 bridgehead atoms. The van der Waals surface area contributed by atoms with Crippen molar-refractivity contribution in [2.75, 3.05) is 39.2 Å². The molecule has 2 aliphatic rings. The van der Waals surface area contributed by atoms with Gasteiger partial charge in [0, 0.05) is 30.6 Å². The monoisotopic (exact) mass is 978 g/mol. The summed E-state index contributed by atoms with van der Waals surface area (Å²) in [6, 6.07) is 32.8. The number of hydrogen-bond donors (Lipinski definition) is 1. The molecule has 0 radical (unpaired) electrons. The summed E-state index contributed by atoms with van der Waals surface area (Å²) in [5.41, 5.74) is 4.08. The Balaban J connectivity index is 0.000000183. The van der Waals surface area contributed by atoms with Crippen molar-refractivity contribution in [3.05, 3.63) is 166 Å². The van der Waals surface area contributed by atoms with Crippen molar-refractivity contribution < 1.29 is 56.7 Å². The third-order valence-electron chi connectivity index (χ3n) is 10.6. The molecule has 67 heavy (non-hydrogen) atoms. The molecular formula is C52H49BrF2N2O10. The quantitative estimate of drug-likeness (QED) is 0.0566. The SMILES string of the molecule is CCc1ccc(Oc2ccc(O)cc2F)c(OC)c1.CCc1ccc(Oc2ccc(OCCCN3C(=O)c4ccccc4C3=O)cc2F)c(OC)c1.O=C1c2ccccc2C(=O)N1CCCBr. The van der Waals surface area contributed by atoms with Gasteiger partial charge in [0.15, 0.2) is 46.1 Å². The van der Waals surface area contributed by atoms with E-state index >= 15 is 0 Å². The number of halogens is 3. The third kappa shape index (κ3) is 12.0. The molecule has 1 N–H and O–H groups in total. The number of amides is 4. The summed E-state index contributed by atoms with van der Waals surface area (Å²) >= 11 is 3.28. The van der Waals surface area contributed by atoms with Crippen molar-refractivity contribution in [2.24, 2.45) is 0 Å². The van der Waals surface area contributed by atoms with E-state index in [2.05, 4.69) is 15.9 Å². The van der Waals surface area contributed by atoms with Crippen LogP contribution < -0.4 is 23.7 Å². The molecule has 6 aromatic carbocycles. The number of phenolic OH excluding ortho intramolecular Hbond substituents is 1. The van der Waals surface area contributed by atoms with Crippen LogP contribution in [0, 0.1) is 11.6 Å². The molecular weight excluding hydrogens is 930 g/mol. The van der Waals surface area contributed by atoms with Gasteiger partial charge in [0.2, 0.25) is 0 Å². The van der Waals surface area contributed by atoms with Gasteiger partial charge >= 0.3 is 0 Å². The number of hydrogen-bond acceptors (Lipinski definition) is 10. The highest BCUT2D eigenvalue weighted by atomic mass is 79.9. The van der Waals surface area contributed by atoms with Crippen LogP contribution in [0.1, 0.15) is 79.2 Å². The van der Waals surface area contributed by atoms with Crippen LogP contribution in [0.25, 0.3) is 0 Å². The Hall–Kier alpha value is -7.26. The minimum atomic E-state index is -0.623. The van der Waals surface area contributed by atoms with Gasteiger partial charge in [0.05, 0.1) is 43.1 Å². The van der Waals surface area contributed by atoms with Crippen molar-refractivity contribution >= 4 is 39.6 Å². The van der Waals surface area contributed by atoms with E-state index in [9.17, 15) is 28.0 Å². The standard InChI is InChI=1S/C26H24FNO5.C15H15FO3.C11H10BrNO2/c1-3-17-9-11-23(24(15-17)31-2)33-22-12-10-18(16-21(22)27)32-14-6-13-28-25(29)19-7-4-5-8-20(19)26(28)30;1-3-10-4-6-14(15(8-10)18-2)19-13-7-5-11(17)9-12(13)16;12-6-3-7-13-10(14)8-4-1-2-5-9(8)11(13)15/h4-5,7-12,15-16H,3,6,13-14H2,1-2H3;4-9,17H,3H2,1-2H3;1-2,4-5H,3,6-7H2. The van der Waals surface area contributed by atoms with Crippen molar-refractivity contribution in [1.29, 1.82) is 0 Å². The number of alkyl halides is 1. The molecule has 6 aromatic rings. The molecule has 0 unspecified atom stereocenters. The fraction of sp³-hybridized carbons (Fsp3) is 0.231. The highest BCUT2D eigenvalue weighted by Crippen LogP contribution is 2.36. The molecule has 0 atom stereocenters. The van der Waals surface area contributed by atoms with Crippen LogP contribution in [0.2, 0.25) is 0 Å². The molecule has 0 aromatic heterocycles. The largest absolute Gasteiger partial charge is 0.508 e. The van der Waals surface area contributed by atoms with Crippen LogP contribution in [0.15, 0.2) is 121 Å². The number of nitrogens with zero attached hydrogens (tertiary/aromatic N) is 2. The maximum Gasteiger partial charge on any atom is 0.261 e. The third-order valence-corrected chi connectivity index (χ3v) is 11.2. The smallest absolute Gasteiger partial charge is 0.261 e. The fourth-order valence-corrected chi connectivity index (χ4v) is 7.26. The second kappa shape index (κ2) is 23.3. The van der Waals surface area contributed by atoms with Crippen LogP contribution in [-0.2, 0) is 12.8 Å². The summed E-state index contributed by atoms with van der Waals surface area (Å²) in [6.45, 7) is 5.00. The lowest BCUT2D eigenvalue weighted by molar-refractivity contribution is 0.0634. The van der Waals surface area contributed by atoms with Crippen molar-refractivity contribution in [3.63, 3.8) is 0 Å². The molecule has 348 valence electrons. The average Bonchev–Trinajstić information content (AvgIpc) is 3.74. The molecule has 4 amide bonds. The van der Waals surface area contributed by atoms with Gasteiger partial charge in [0.1, 0.15) is 11.5 Å². The zero-order valence-electron chi connectivity index (χ0n) is 37.4. The van der Waals surface area contributed by atoms with Gasteiger partial charge < -0.3 is 28.8 Å². The van der Waals surface area contributed by atoms with E-state index in [0.717, 1.165) is 41.8 Å². The lowest BCUT2D eigenvalue weighted by Crippen LogP contribution is -2.31. The van der Waals surface area contributed by atoms with Gasteiger partial charge in [-0.15, -0.1) is 0 Å². The van der Waals surface area contributed by atoms with E-state index in [1.807, 2.05) is 38.1 Å². The first-order valence-corrected chi connectivity index (χ1v) is 22.6. The average molecular weight is 980 g/mol. The molecule has 0 saturated carbocycles.